The predicted octanol–water partition coefficient (Wildman–Crippen LogP) is 0.840. The third kappa shape index (κ3) is 1.83. The average molecular weight is 216 g/mol. The molecule has 0 saturated carbocycles. The van der Waals surface area contributed by atoms with E-state index in [2.05, 4.69) is 9.97 Å². The van der Waals surface area contributed by atoms with Crippen molar-refractivity contribution < 1.29 is 13.7 Å². The number of hydrogen-bond acceptors (Lipinski definition) is 5. The Hall–Kier alpha value is -1.86. The van der Waals surface area contributed by atoms with Crippen LogP contribution >= 0.6 is 0 Å². The Morgan fingerprint density at radius 2 is 1.93 bits per heavy atom. The van der Waals surface area contributed by atoms with Gasteiger partial charge in [-0.2, -0.15) is 0 Å². The van der Waals surface area contributed by atoms with Crippen molar-refractivity contribution in [3.05, 3.63) is 22.5 Å². The summed E-state index contributed by atoms with van der Waals surface area (Å²) in [6.07, 6.45) is 2.00. The summed E-state index contributed by atoms with van der Waals surface area (Å²) in [6.45, 7) is -0.879. The van der Waals surface area contributed by atoms with Crippen molar-refractivity contribution in [1.29, 1.82) is 0 Å². The minimum atomic E-state index is -2.70. The lowest BCUT2D eigenvalue weighted by atomic mass is 10.2. The fourth-order valence-electron chi connectivity index (χ4n) is 1.23. The van der Waals surface area contributed by atoms with E-state index in [0.717, 1.165) is 12.4 Å². The standard InChI is InChI=1S/C7H6F2N4O2/c8-7(9)3-12(4-7)6-10-1-5(2-11-6)13(14)15/h1-2H,3-4H2. The summed E-state index contributed by atoms with van der Waals surface area (Å²) in [7, 11) is 0. The second-order valence-corrected chi connectivity index (χ2v) is 3.21. The molecule has 15 heavy (non-hydrogen) atoms. The molecule has 1 saturated heterocycles. The first kappa shape index (κ1) is 9.69. The molecular formula is C7H6F2N4O2. The molecule has 1 aromatic rings. The first-order valence-corrected chi connectivity index (χ1v) is 4.07. The molecule has 0 aliphatic carbocycles. The summed E-state index contributed by atoms with van der Waals surface area (Å²) >= 11 is 0. The monoisotopic (exact) mass is 216 g/mol. The fraction of sp³-hybridized carbons (Fsp3) is 0.429. The minimum Gasteiger partial charge on any atom is -0.329 e. The molecule has 6 nitrogen and oxygen atoms in total. The quantitative estimate of drug-likeness (QED) is 0.541. The molecule has 1 fully saturated rings. The van der Waals surface area contributed by atoms with Gasteiger partial charge in [-0.15, -0.1) is 0 Å². The van der Waals surface area contributed by atoms with E-state index < -0.39 is 23.9 Å². The molecule has 0 bridgehead atoms. The molecule has 1 aliphatic rings. The summed E-state index contributed by atoms with van der Waals surface area (Å²) < 4.78 is 25.0. The van der Waals surface area contributed by atoms with Gasteiger partial charge in [0.05, 0.1) is 18.0 Å². The number of rotatable bonds is 2. The molecule has 2 rings (SSSR count). The Morgan fingerprint density at radius 3 is 2.33 bits per heavy atom. The largest absolute Gasteiger partial charge is 0.329 e. The molecule has 0 unspecified atom stereocenters. The Morgan fingerprint density at radius 1 is 1.40 bits per heavy atom. The van der Waals surface area contributed by atoms with Crippen LogP contribution in [0.2, 0.25) is 0 Å². The molecule has 0 N–H and O–H groups in total. The Bertz CT molecular complexity index is 386. The van der Waals surface area contributed by atoms with Crippen LogP contribution in [0.4, 0.5) is 20.4 Å². The molecule has 1 aliphatic heterocycles. The van der Waals surface area contributed by atoms with Crippen molar-refractivity contribution in [1.82, 2.24) is 9.97 Å². The molecule has 0 spiro atoms. The van der Waals surface area contributed by atoms with Gasteiger partial charge < -0.3 is 4.90 Å². The molecule has 0 aromatic carbocycles. The third-order valence-electron chi connectivity index (χ3n) is 1.96. The fourth-order valence-corrected chi connectivity index (χ4v) is 1.23. The summed E-state index contributed by atoms with van der Waals surface area (Å²) in [4.78, 5) is 18.1. The zero-order valence-corrected chi connectivity index (χ0v) is 7.43. The van der Waals surface area contributed by atoms with E-state index in [1.54, 1.807) is 0 Å². The van der Waals surface area contributed by atoms with Crippen LogP contribution in [0.5, 0.6) is 0 Å². The highest BCUT2D eigenvalue weighted by atomic mass is 19.3. The van der Waals surface area contributed by atoms with Gasteiger partial charge in [0.1, 0.15) is 12.4 Å². The van der Waals surface area contributed by atoms with E-state index in [0.29, 0.717) is 0 Å². The van der Waals surface area contributed by atoms with Crippen molar-refractivity contribution in [2.75, 3.05) is 18.0 Å². The van der Waals surface area contributed by atoms with Crippen LogP contribution in [0, 0.1) is 10.1 Å². The van der Waals surface area contributed by atoms with Crippen molar-refractivity contribution >= 4 is 11.6 Å². The number of alkyl halides is 2. The number of nitro groups is 1. The van der Waals surface area contributed by atoms with Crippen molar-refractivity contribution in [2.24, 2.45) is 0 Å². The number of anilines is 1. The molecule has 1 aromatic heterocycles. The average Bonchev–Trinajstić information content (AvgIpc) is 2.14. The van der Waals surface area contributed by atoms with Gasteiger partial charge in [-0.05, 0) is 0 Å². The van der Waals surface area contributed by atoms with Crippen LogP contribution in [0.15, 0.2) is 12.4 Å². The van der Waals surface area contributed by atoms with E-state index in [1.165, 1.54) is 4.90 Å². The van der Waals surface area contributed by atoms with Crippen LogP contribution < -0.4 is 4.90 Å². The lowest BCUT2D eigenvalue weighted by molar-refractivity contribution is -0.385. The minimum absolute atomic E-state index is 0.0894. The van der Waals surface area contributed by atoms with E-state index in [1.807, 2.05) is 0 Å². The van der Waals surface area contributed by atoms with Gasteiger partial charge in [0.25, 0.3) is 5.92 Å². The normalized spacial score (nSPS) is 18.4. The van der Waals surface area contributed by atoms with Gasteiger partial charge >= 0.3 is 5.69 Å². The van der Waals surface area contributed by atoms with Crippen molar-refractivity contribution in [3.8, 4) is 0 Å². The van der Waals surface area contributed by atoms with Crippen LogP contribution in [0.3, 0.4) is 0 Å². The molecule has 2 heterocycles. The third-order valence-corrected chi connectivity index (χ3v) is 1.96. The van der Waals surface area contributed by atoms with Gasteiger partial charge in [-0.25, -0.2) is 18.7 Å². The zero-order valence-electron chi connectivity index (χ0n) is 7.43. The summed E-state index contributed by atoms with van der Waals surface area (Å²) in [5.74, 6) is -2.61. The maximum atomic E-state index is 12.5. The smallest absolute Gasteiger partial charge is 0.305 e. The molecule has 0 radical (unpaired) electrons. The van der Waals surface area contributed by atoms with Crippen molar-refractivity contribution in [3.63, 3.8) is 0 Å². The van der Waals surface area contributed by atoms with Gasteiger partial charge in [-0.3, -0.25) is 10.1 Å². The van der Waals surface area contributed by atoms with Crippen molar-refractivity contribution in [2.45, 2.75) is 5.92 Å². The Balaban J connectivity index is 2.09. The summed E-state index contributed by atoms with van der Waals surface area (Å²) in [5, 5.41) is 10.3. The van der Waals surface area contributed by atoms with Crippen LogP contribution in [-0.2, 0) is 0 Å². The number of hydrogen-bond donors (Lipinski definition) is 0. The second kappa shape index (κ2) is 3.07. The maximum Gasteiger partial charge on any atom is 0.305 e. The first-order valence-electron chi connectivity index (χ1n) is 4.07. The van der Waals surface area contributed by atoms with E-state index >= 15 is 0 Å². The highest BCUT2D eigenvalue weighted by Gasteiger charge is 2.45. The maximum absolute atomic E-state index is 12.5. The van der Waals surface area contributed by atoms with Crippen LogP contribution in [0.1, 0.15) is 0 Å². The van der Waals surface area contributed by atoms with Crippen LogP contribution in [-0.4, -0.2) is 33.9 Å². The molecule has 0 amide bonds. The lowest BCUT2D eigenvalue weighted by Crippen LogP contribution is -2.57. The Labute approximate surface area is 82.7 Å². The zero-order chi connectivity index (χ0) is 11.1. The van der Waals surface area contributed by atoms with E-state index in [4.69, 9.17) is 0 Å². The molecule has 80 valence electrons. The number of halogens is 2. The van der Waals surface area contributed by atoms with Gasteiger partial charge in [0.15, 0.2) is 0 Å². The molecular weight excluding hydrogens is 210 g/mol. The van der Waals surface area contributed by atoms with E-state index in [9.17, 15) is 18.9 Å². The highest BCUT2D eigenvalue weighted by Crippen LogP contribution is 2.29. The SMILES string of the molecule is O=[N+]([O-])c1cnc(N2CC(F)(F)C2)nc1. The number of nitrogens with zero attached hydrogens (tertiary/aromatic N) is 4. The lowest BCUT2D eigenvalue weighted by Gasteiger charge is -2.38. The highest BCUT2D eigenvalue weighted by molar-refractivity contribution is 5.38. The Kier molecular flexibility index (Phi) is 1.98. The summed E-state index contributed by atoms with van der Waals surface area (Å²) in [5.41, 5.74) is -0.258. The van der Waals surface area contributed by atoms with Crippen LogP contribution in [0.25, 0.3) is 0 Å². The van der Waals surface area contributed by atoms with Gasteiger partial charge in [0.2, 0.25) is 5.95 Å². The first-order chi connectivity index (χ1) is 6.98. The van der Waals surface area contributed by atoms with Gasteiger partial charge in [0, 0.05) is 0 Å². The predicted molar refractivity (Wildman–Crippen MR) is 45.8 cm³/mol. The molecule has 8 heteroatoms. The van der Waals surface area contributed by atoms with E-state index in [-0.39, 0.29) is 11.6 Å². The second-order valence-electron chi connectivity index (χ2n) is 3.21. The molecule has 0 atom stereocenters. The summed E-state index contributed by atoms with van der Waals surface area (Å²) in [6, 6.07) is 0. The number of aromatic nitrogens is 2. The topological polar surface area (TPSA) is 72.2 Å². The van der Waals surface area contributed by atoms with Gasteiger partial charge in [-0.1, -0.05) is 0 Å².